The van der Waals surface area contributed by atoms with E-state index in [-0.39, 0.29) is 0 Å². The van der Waals surface area contributed by atoms with Crippen LogP contribution in [0.25, 0.3) is 0 Å². The summed E-state index contributed by atoms with van der Waals surface area (Å²) in [5.74, 6) is 0. The number of rotatable bonds is 3. The van der Waals surface area contributed by atoms with Gasteiger partial charge in [-0.25, -0.2) is 0 Å². The molecule has 0 amide bonds. The molecule has 0 radical (unpaired) electrons. The molecule has 0 saturated heterocycles. The molecule has 0 N–H and O–H groups in total. The maximum atomic E-state index is 4.01. The second-order valence-corrected chi connectivity index (χ2v) is 11.5. The van der Waals surface area contributed by atoms with Gasteiger partial charge in [0, 0.05) is 6.04 Å². The van der Waals surface area contributed by atoms with E-state index in [0.717, 1.165) is 5.69 Å². The highest BCUT2D eigenvalue weighted by Crippen LogP contribution is 2.40. The quantitative estimate of drug-likeness (QED) is 0.616. The molecule has 0 bridgehead atoms. The summed E-state index contributed by atoms with van der Waals surface area (Å²) < 4.78 is 1.66. The Morgan fingerprint density at radius 1 is 1.06 bits per heavy atom. The predicted octanol–water partition coefficient (Wildman–Crippen LogP) is 3.61. The molecule has 0 aromatic carbocycles. The minimum Gasteiger partial charge on any atom is -0.177 e. The molecule has 0 saturated carbocycles. The molecule has 0 aliphatic carbocycles. The van der Waals surface area contributed by atoms with E-state index < -0.39 is 8.07 Å². The molecule has 0 fully saturated rings. The fourth-order valence-corrected chi connectivity index (χ4v) is 8.16. The molecule has 4 heteroatoms. The zero-order valence-electron chi connectivity index (χ0n) is 12.7. The Morgan fingerprint density at radius 3 is 1.89 bits per heavy atom. The first kappa shape index (κ1) is 15.0. The van der Waals surface area contributed by atoms with Crippen LogP contribution in [0.3, 0.4) is 0 Å². The van der Waals surface area contributed by atoms with E-state index in [0.29, 0.717) is 16.6 Å². The SMILES string of the molecule is Cc1cn(C#C[Si](C(C)C)(C(C)C)C(C)C)nn1. The number of nitrogens with zero attached hydrogens (tertiary/aromatic N) is 3. The summed E-state index contributed by atoms with van der Waals surface area (Å²) in [6.07, 6.45) is 1.88. The first-order chi connectivity index (χ1) is 8.30. The third-order valence-electron chi connectivity index (χ3n) is 3.86. The first-order valence-corrected chi connectivity index (χ1v) is 8.96. The van der Waals surface area contributed by atoms with Gasteiger partial charge in [-0.3, -0.25) is 0 Å². The van der Waals surface area contributed by atoms with Gasteiger partial charge in [0.1, 0.15) is 8.07 Å². The Kier molecular flexibility index (Phi) is 4.75. The van der Waals surface area contributed by atoms with Crippen LogP contribution in [0.4, 0.5) is 0 Å². The van der Waals surface area contributed by atoms with Gasteiger partial charge >= 0.3 is 0 Å². The van der Waals surface area contributed by atoms with E-state index in [1.54, 1.807) is 4.68 Å². The van der Waals surface area contributed by atoms with Crippen molar-refractivity contribution in [2.45, 2.75) is 65.1 Å². The number of hydrogen-bond acceptors (Lipinski definition) is 2. The highest BCUT2D eigenvalue weighted by atomic mass is 28.3. The summed E-state index contributed by atoms with van der Waals surface area (Å²) in [7, 11) is -1.65. The van der Waals surface area contributed by atoms with E-state index >= 15 is 0 Å². The van der Waals surface area contributed by atoms with Crippen molar-refractivity contribution >= 4 is 8.07 Å². The molecule has 0 atom stereocenters. The topological polar surface area (TPSA) is 30.7 Å². The van der Waals surface area contributed by atoms with E-state index in [1.165, 1.54) is 0 Å². The summed E-state index contributed by atoms with van der Waals surface area (Å²) in [6.45, 7) is 15.8. The molecule has 1 heterocycles. The van der Waals surface area contributed by atoms with Gasteiger partial charge in [0.15, 0.2) is 0 Å². The minimum absolute atomic E-state index is 0.648. The first-order valence-electron chi connectivity index (χ1n) is 6.72. The monoisotopic (exact) mass is 263 g/mol. The van der Waals surface area contributed by atoms with Crippen molar-refractivity contribution in [3.05, 3.63) is 11.9 Å². The van der Waals surface area contributed by atoms with Crippen molar-refractivity contribution in [1.29, 1.82) is 0 Å². The van der Waals surface area contributed by atoms with E-state index in [9.17, 15) is 0 Å². The van der Waals surface area contributed by atoms with Crippen LogP contribution in [-0.2, 0) is 0 Å². The molecule has 1 aromatic heterocycles. The maximum absolute atomic E-state index is 4.01. The molecule has 18 heavy (non-hydrogen) atoms. The molecule has 0 aliphatic rings. The Hall–Kier alpha value is -1.08. The van der Waals surface area contributed by atoms with Crippen molar-refractivity contribution < 1.29 is 0 Å². The fraction of sp³-hybridized carbons (Fsp3) is 0.714. The third kappa shape index (κ3) is 2.84. The van der Waals surface area contributed by atoms with Crippen LogP contribution in [0, 0.1) is 18.5 Å². The molecular formula is C14H25N3Si. The Balaban J connectivity index is 3.17. The van der Waals surface area contributed by atoms with Gasteiger partial charge in [0.2, 0.25) is 0 Å². The van der Waals surface area contributed by atoms with Crippen molar-refractivity contribution in [1.82, 2.24) is 15.0 Å². The number of aryl methyl sites for hydroxylation is 1. The Bertz CT molecular complexity index is 427. The van der Waals surface area contributed by atoms with E-state index in [4.69, 9.17) is 0 Å². The second kappa shape index (κ2) is 5.70. The largest absolute Gasteiger partial charge is 0.177 e. The zero-order chi connectivity index (χ0) is 13.9. The van der Waals surface area contributed by atoms with Gasteiger partial charge in [-0.05, 0) is 23.5 Å². The van der Waals surface area contributed by atoms with Crippen LogP contribution < -0.4 is 0 Å². The second-order valence-electron chi connectivity index (χ2n) is 5.94. The van der Waals surface area contributed by atoms with Crippen molar-refractivity contribution in [3.8, 4) is 11.6 Å². The summed E-state index contributed by atoms with van der Waals surface area (Å²) in [4.78, 5) is 0. The summed E-state index contributed by atoms with van der Waals surface area (Å²) in [5, 5.41) is 7.99. The average molecular weight is 263 g/mol. The standard InChI is InChI=1S/C14H25N3Si/c1-11(2)18(12(3)4,13(5)6)9-8-17-10-14(7)15-16-17/h10-13H,1-7H3. The van der Waals surface area contributed by atoms with Crippen LogP contribution in [-0.4, -0.2) is 23.1 Å². The fourth-order valence-electron chi connectivity index (χ4n) is 2.99. The molecule has 0 aliphatic heterocycles. The smallest absolute Gasteiger partial charge is 0.148 e. The number of hydrogen-bond donors (Lipinski definition) is 0. The van der Waals surface area contributed by atoms with E-state index in [1.807, 2.05) is 13.1 Å². The minimum atomic E-state index is -1.65. The lowest BCUT2D eigenvalue weighted by Crippen LogP contribution is -2.43. The lowest BCUT2D eigenvalue weighted by atomic mass is 10.5. The average Bonchev–Trinajstić information content (AvgIpc) is 2.63. The van der Waals surface area contributed by atoms with Gasteiger partial charge in [0.25, 0.3) is 0 Å². The Labute approximate surface area is 112 Å². The van der Waals surface area contributed by atoms with Gasteiger partial charge in [-0.15, -0.1) is 10.6 Å². The number of aromatic nitrogens is 3. The van der Waals surface area contributed by atoms with Crippen LogP contribution in [0.15, 0.2) is 6.20 Å². The van der Waals surface area contributed by atoms with Gasteiger partial charge in [-0.1, -0.05) is 46.8 Å². The predicted molar refractivity (Wildman–Crippen MR) is 79.0 cm³/mol. The lowest BCUT2D eigenvalue weighted by molar-refractivity contribution is 0.819. The third-order valence-corrected chi connectivity index (χ3v) is 10.1. The van der Waals surface area contributed by atoms with Crippen molar-refractivity contribution in [2.75, 3.05) is 0 Å². The molecule has 0 spiro atoms. The summed E-state index contributed by atoms with van der Waals surface area (Å²) in [6, 6.07) is 3.21. The molecule has 1 rings (SSSR count). The van der Waals surface area contributed by atoms with Gasteiger partial charge < -0.3 is 0 Å². The summed E-state index contributed by atoms with van der Waals surface area (Å²) >= 11 is 0. The van der Waals surface area contributed by atoms with Crippen LogP contribution in [0.5, 0.6) is 0 Å². The van der Waals surface area contributed by atoms with Crippen molar-refractivity contribution in [2.24, 2.45) is 0 Å². The molecule has 0 unspecified atom stereocenters. The van der Waals surface area contributed by atoms with Crippen LogP contribution in [0.2, 0.25) is 16.6 Å². The van der Waals surface area contributed by atoms with Gasteiger partial charge in [-0.2, -0.15) is 4.68 Å². The zero-order valence-corrected chi connectivity index (χ0v) is 13.7. The summed E-state index contributed by atoms with van der Waals surface area (Å²) in [5.41, 5.74) is 6.47. The maximum Gasteiger partial charge on any atom is 0.148 e. The highest BCUT2D eigenvalue weighted by Gasteiger charge is 2.41. The van der Waals surface area contributed by atoms with E-state index in [2.05, 4.69) is 63.4 Å². The molecule has 100 valence electrons. The molecular weight excluding hydrogens is 238 g/mol. The normalized spacial score (nSPS) is 12.1. The van der Waals surface area contributed by atoms with Gasteiger partial charge in [0.05, 0.1) is 11.9 Å². The Morgan fingerprint density at radius 2 is 1.56 bits per heavy atom. The van der Waals surface area contributed by atoms with Crippen LogP contribution in [0.1, 0.15) is 47.2 Å². The van der Waals surface area contributed by atoms with Crippen LogP contribution >= 0.6 is 0 Å². The highest BCUT2D eigenvalue weighted by molar-refractivity contribution is 6.90. The van der Waals surface area contributed by atoms with Crippen molar-refractivity contribution in [3.63, 3.8) is 0 Å². The lowest BCUT2D eigenvalue weighted by Gasteiger charge is -2.37. The molecule has 3 nitrogen and oxygen atoms in total. The molecule has 1 aromatic rings.